The van der Waals surface area contributed by atoms with Crippen molar-refractivity contribution in [3.8, 4) is 12.3 Å². The molecule has 0 heterocycles. The van der Waals surface area contributed by atoms with Crippen LogP contribution in [0.2, 0.25) is 0 Å². The summed E-state index contributed by atoms with van der Waals surface area (Å²) in [6.07, 6.45) is 5.13. The Balaban J connectivity index is 2.00. The molecule has 3 heteroatoms. The minimum absolute atomic E-state index is 0.0356. The Bertz CT molecular complexity index is 643. The van der Waals surface area contributed by atoms with Gasteiger partial charge in [-0.2, -0.15) is 0 Å². The van der Waals surface area contributed by atoms with E-state index in [1.165, 1.54) is 10.8 Å². The zero-order chi connectivity index (χ0) is 14.4. The second kappa shape index (κ2) is 6.74. The van der Waals surface area contributed by atoms with E-state index in [0.29, 0.717) is 13.1 Å². The van der Waals surface area contributed by atoms with Crippen molar-refractivity contribution in [2.24, 2.45) is 0 Å². The topological polar surface area (TPSA) is 32.3 Å². The summed E-state index contributed by atoms with van der Waals surface area (Å²) >= 11 is 0. The minimum Gasteiger partial charge on any atom is -0.340 e. The number of hydrogen-bond acceptors (Lipinski definition) is 2. The number of benzene rings is 2. The lowest BCUT2D eigenvalue weighted by Crippen LogP contribution is -2.35. The zero-order valence-electron chi connectivity index (χ0n) is 11.6. The number of nitrogens with one attached hydrogen (secondary N) is 1. The van der Waals surface area contributed by atoms with Crippen LogP contribution in [0.15, 0.2) is 42.5 Å². The van der Waals surface area contributed by atoms with Gasteiger partial charge < -0.3 is 4.90 Å². The third-order valence-corrected chi connectivity index (χ3v) is 3.16. The van der Waals surface area contributed by atoms with Gasteiger partial charge in [0, 0.05) is 13.6 Å². The molecule has 3 nitrogen and oxygen atoms in total. The molecule has 0 spiro atoms. The van der Waals surface area contributed by atoms with Gasteiger partial charge in [0.1, 0.15) is 0 Å². The molecule has 0 aromatic heterocycles. The summed E-state index contributed by atoms with van der Waals surface area (Å²) in [5, 5.41) is 5.30. The Labute approximate surface area is 119 Å². The summed E-state index contributed by atoms with van der Waals surface area (Å²) in [5.41, 5.74) is 1.12. The third kappa shape index (κ3) is 3.59. The van der Waals surface area contributed by atoms with Gasteiger partial charge in [0.15, 0.2) is 0 Å². The number of hydrogen-bond donors (Lipinski definition) is 1. The van der Waals surface area contributed by atoms with Gasteiger partial charge in [0.2, 0.25) is 5.91 Å². The second-order valence-corrected chi connectivity index (χ2v) is 4.74. The number of amides is 1. The first-order valence-electron chi connectivity index (χ1n) is 6.56. The first kappa shape index (κ1) is 14.1. The molecule has 0 radical (unpaired) electrons. The molecule has 0 aliphatic heterocycles. The lowest BCUT2D eigenvalue weighted by Gasteiger charge is -2.17. The fraction of sp³-hybridized carbons (Fsp3) is 0.235. The van der Waals surface area contributed by atoms with E-state index in [4.69, 9.17) is 6.42 Å². The van der Waals surface area contributed by atoms with E-state index in [2.05, 4.69) is 41.6 Å². The van der Waals surface area contributed by atoms with Gasteiger partial charge in [-0.3, -0.25) is 10.1 Å². The Hall–Kier alpha value is -2.31. The standard InChI is InChI=1S/C17H18N2O/c1-3-10-18-12-17(20)19(2)13-14-8-9-15-6-4-5-7-16(15)11-14/h1,4-9,11,18H,10,12-13H2,2H3. The molecule has 0 aliphatic rings. The summed E-state index contributed by atoms with van der Waals surface area (Å²) in [6, 6.07) is 14.5. The normalized spacial score (nSPS) is 10.2. The van der Waals surface area contributed by atoms with E-state index in [0.717, 1.165) is 5.56 Å². The van der Waals surface area contributed by atoms with Crippen molar-refractivity contribution in [1.82, 2.24) is 10.2 Å². The summed E-state index contributed by atoms with van der Waals surface area (Å²) in [7, 11) is 1.80. The molecule has 0 atom stereocenters. The number of fused-ring (bicyclic) bond motifs is 1. The highest BCUT2D eigenvalue weighted by molar-refractivity contribution is 5.83. The number of likely N-dealkylation sites (N-methyl/N-ethyl adjacent to an activating group) is 1. The first-order chi connectivity index (χ1) is 9.70. The van der Waals surface area contributed by atoms with Crippen LogP contribution in [0.25, 0.3) is 10.8 Å². The van der Waals surface area contributed by atoms with Gasteiger partial charge in [-0.1, -0.05) is 42.3 Å². The van der Waals surface area contributed by atoms with Gasteiger partial charge in [-0.25, -0.2) is 0 Å². The van der Waals surface area contributed by atoms with Crippen LogP contribution in [-0.4, -0.2) is 30.9 Å². The molecule has 2 rings (SSSR count). The fourth-order valence-corrected chi connectivity index (χ4v) is 2.08. The second-order valence-electron chi connectivity index (χ2n) is 4.74. The maximum atomic E-state index is 11.9. The molecule has 0 bridgehead atoms. The van der Waals surface area contributed by atoms with Crippen LogP contribution in [0, 0.1) is 12.3 Å². The van der Waals surface area contributed by atoms with Crippen LogP contribution >= 0.6 is 0 Å². The lowest BCUT2D eigenvalue weighted by atomic mass is 10.1. The Morgan fingerprint density at radius 3 is 2.75 bits per heavy atom. The number of carbonyl (C=O) groups is 1. The first-order valence-corrected chi connectivity index (χ1v) is 6.56. The van der Waals surface area contributed by atoms with Crippen LogP contribution in [0.3, 0.4) is 0 Å². The number of nitrogens with zero attached hydrogens (tertiary/aromatic N) is 1. The van der Waals surface area contributed by atoms with Gasteiger partial charge in [0.25, 0.3) is 0 Å². The molecular weight excluding hydrogens is 248 g/mol. The molecule has 0 unspecified atom stereocenters. The smallest absolute Gasteiger partial charge is 0.236 e. The summed E-state index contributed by atoms with van der Waals surface area (Å²) in [5.74, 6) is 2.49. The van der Waals surface area contributed by atoms with E-state index >= 15 is 0 Å². The number of rotatable bonds is 5. The molecule has 0 fully saturated rings. The van der Waals surface area contributed by atoms with Crippen LogP contribution in [0.5, 0.6) is 0 Å². The molecule has 1 N–H and O–H groups in total. The van der Waals surface area contributed by atoms with Crippen molar-refractivity contribution in [1.29, 1.82) is 0 Å². The van der Waals surface area contributed by atoms with E-state index in [1.54, 1.807) is 11.9 Å². The molecule has 1 amide bonds. The van der Waals surface area contributed by atoms with Crippen LogP contribution < -0.4 is 5.32 Å². The van der Waals surface area contributed by atoms with E-state index in [1.807, 2.05) is 12.1 Å². The Morgan fingerprint density at radius 2 is 2.00 bits per heavy atom. The molecule has 102 valence electrons. The van der Waals surface area contributed by atoms with E-state index < -0.39 is 0 Å². The highest BCUT2D eigenvalue weighted by Gasteiger charge is 2.08. The predicted octanol–water partition coefficient (Wildman–Crippen LogP) is 2.02. The van der Waals surface area contributed by atoms with Crippen LogP contribution in [0.4, 0.5) is 0 Å². The molecule has 2 aromatic carbocycles. The fourth-order valence-electron chi connectivity index (χ4n) is 2.08. The van der Waals surface area contributed by atoms with Crippen molar-refractivity contribution in [2.75, 3.05) is 20.1 Å². The molecular formula is C17H18N2O. The quantitative estimate of drug-likeness (QED) is 0.663. The van der Waals surface area contributed by atoms with Crippen molar-refractivity contribution >= 4 is 16.7 Å². The zero-order valence-corrected chi connectivity index (χ0v) is 11.6. The summed E-state index contributed by atoms with van der Waals surface area (Å²) < 4.78 is 0. The van der Waals surface area contributed by atoms with E-state index in [9.17, 15) is 4.79 Å². The maximum absolute atomic E-state index is 11.9. The van der Waals surface area contributed by atoms with Crippen molar-refractivity contribution in [3.05, 3.63) is 48.0 Å². The maximum Gasteiger partial charge on any atom is 0.236 e. The van der Waals surface area contributed by atoms with E-state index in [-0.39, 0.29) is 12.5 Å². The van der Waals surface area contributed by atoms with Gasteiger partial charge in [-0.05, 0) is 22.4 Å². The molecule has 0 saturated carbocycles. The monoisotopic (exact) mass is 266 g/mol. The SMILES string of the molecule is C#CCNCC(=O)N(C)Cc1ccc2ccccc2c1. The van der Waals surface area contributed by atoms with Crippen LogP contribution in [-0.2, 0) is 11.3 Å². The number of carbonyl (C=O) groups excluding carboxylic acids is 1. The molecule has 2 aromatic rings. The largest absolute Gasteiger partial charge is 0.340 e. The molecule has 20 heavy (non-hydrogen) atoms. The Kier molecular flexibility index (Phi) is 4.75. The lowest BCUT2D eigenvalue weighted by molar-refractivity contribution is -0.129. The number of terminal acetylenes is 1. The average molecular weight is 266 g/mol. The van der Waals surface area contributed by atoms with Crippen molar-refractivity contribution < 1.29 is 4.79 Å². The Morgan fingerprint density at radius 1 is 1.25 bits per heavy atom. The van der Waals surface area contributed by atoms with Gasteiger partial charge in [0.05, 0.1) is 13.1 Å². The van der Waals surface area contributed by atoms with Crippen molar-refractivity contribution in [3.63, 3.8) is 0 Å². The highest BCUT2D eigenvalue weighted by atomic mass is 16.2. The van der Waals surface area contributed by atoms with Crippen LogP contribution in [0.1, 0.15) is 5.56 Å². The predicted molar refractivity (Wildman–Crippen MR) is 82.1 cm³/mol. The average Bonchev–Trinajstić information content (AvgIpc) is 2.47. The minimum atomic E-state index is 0.0356. The van der Waals surface area contributed by atoms with Gasteiger partial charge >= 0.3 is 0 Å². The third-order valence-electron chi connectivity index (χ3n) is 3.16. The highest BCUT2D eigenvalue weighted by Crippen LogP contribution is 2.16. The summed E-state index contributed by atoms with van der Waals surface area (Å²) in [4.78, 5) is 13.6. The van der Waals surface area contributed by atoms with Gasteiger partial charge in [-0.15, -0.1) is 6.42 Å². The summed E-state index contributed by atoms with van der Waals surface area (Å²) in [6.45, 7) is 1.28. The van der Waals surface area contributed by atoms with Crippen molar-refractivity contribution in [2.45, 2.75) is 6.54 Å². The molecule has 0 aliphatic carbocycles. The molecule has 0 saturated heterocycles.